The summed E-state index contributed by atoms with van der Waals surface area (Å²) in [5, 5.41) is 5.18. The third-order valence-corrected chi connectivity index (χ3v) is 7.17. The van der Waals surface area contributed by atoms with Gasteiger partial charge in [-0.25, -0.2) is 4.79 Å². The molecule has 0 aliphatic heterocycles. The summed E-state index contributed by atoms with van der Waals surface area (Å²) in [6.07, 6.45) is 11.2. The average molecular weight is 499 g/mol. The Balaban J connectivity index is 1.96. The molecular weight excluding hydrogens is 456 g/mol. The van der Waals surface area contributed by atoms with Gasteiger partial charge in [-0.15, -0.1) is 11.8 Å². The monoisotopic (exact) mass is 498 g/mol. The van der Waals surface area contributed by atoms with E-state index < -0.39 is 11.9 Å². The van der Waals surface area contributed by atoms with Gasteiger partial charge in [-0.1, -0.05) is 89.1 Å². The molecule has 0 aromatic heterocycles. The van der Waals surface area contributed by atoms with Crippen molar-refractivity contribution in [3.05, 3.63) is 54.1 Å². The molecule has 2 N–H and O–H groups in total. The molecule has 2 aromatic carbocycles. The van der Waals surface area contributed by atoms with Gasteiger partial charge in [0.15, 0.2) is 0 Å². The zero-order valence-electron chi connectivity index (χ0n) is 21.6. The van der Waals surface area contributed by atoms with Crippen molar-refractivity contribution in [2.45, 2.75) is 82.6 Å². The van der Waals surface area contributed by atoms with E-state index in [9.17, 15) is 9.59 Å². The van der Waals surface area contributed by atoms with Crippen molar-refractivity contribution in [1.29, 1.82) is 0 Å². The largest absolute Gasteiger partial charge is 0.380 e. The Kier molecular flexibility index (Phi) is 14.2. The molecule has 0 saturated heterocycles. The third-order valence-electron chi connectivity index (χ3n) is 6.09. The fraction of sp³-hybridized carbons (Fsp3) is 0.517. The van der Waals surface area contributed by atoms with Gasteiger partial charge in [-0.2, -0.15) is 0 Å². The maximum atomic E-state index is 13.0. The van der Waals surface area contributed by atoms with E-state index in [0.29, 0.717) is 12.1 Å². The molecule has 2 aromatic rings. The summed E-state index contributed by atoms with van der Waals surface area (Å²) < 4.78 is 5.27. The zero-order chi connectivity index (χ0) is 25.3. The van der Waals surface area contributed by atoms with Gasteiger partial charge in [0.25, 0.3) is 5.91 Å². The number of carbonyl (C=O) groups is 2. The highest BCUT2D eigenvalue weighted by molar-refractivity contribution is 7.99. The van der Waals surface area contributed by atoms with E-state index >= 15 is 0 Å². The Bertz CT molecular complexity index is 885. The molecule has 0 saturated carbocycles. The molecule has 0 bridgehead atoms. The molecule has 5 nitrogen and oxygen atoms in total. The van der Waals surface area contributed by atoms with Gasteiger partial charge in [0.05, 0.1) is 6.10 Å². The first-order valence-corrected chi connectivity index (χ1v) is 14.0. The van der Waals surface area contributed by atoms with Crippen molar-refractivity contribution in [1.82, 2.24) is 10.6 Å². The van der Waals surface area contributed by atoms with Crippen molar-refractivity contribution in [3.63, 3.8) is 0 Å². The van der Waals surface area contributed by atoms with Crippen LogP contribution in [-0.2, 0) is 4.74 Å². The molecule has 35 heavy (non-hydrogen) atoms. The number of nitrogens with one attached hydrogen (secondary N) is 2. The van der Waals surface area contributed by atoms with E-state index in [-0.39, 0.29) is 6.10 Å². The van der Waals surface area contributed by atoms with E-state index in [1.807, 2.05) is 61.2 Å². The van der Waals surface area contributed by atoms with Crippen molar-refractivity contribution < 1.29 is 14.3 Å². The number of hydrogen-bond donors (Lipinski definition) is 2. The molecular formula is C29H42N2O3S. The molecule has 2 rings (SSSR count). The van der Waals surface area contributed by atoms with Crippen LogP contribution < -0.4 is 10.6 Å². The number of unbranched alkanes of at least 4 members (excludes halogenated alkanes) is 7. The second-order valence-electron chi connectivity index (χ2n) is 8.83. The molecule has 0 radical (unpaired) electrons. The second kappa shape index (κ2) is 17.2. The van der Waals surface area contributed by atoms with Gasteiger partial charge in [-0.3, -0.25) is 10.1 Å². The summed E-state index contributed by atoms with van der Waals surface area (Å²) in [4.78, 5) is 26.4. The molecule has 3 amide bonds. The van der Waals surface area contributed by atoms with Gasteiger partial charge in [0.1, 0.15) is 0 Å². The minimum absolute atomic E-state index is 0.0758. The molecule has 6 heteroatoms. The number of ether oxygens (including phenoxy) is 1. The number of carbonyl (C=O) groups excluding carboxylic acids is 2. The van der Waals surface area contributed by atoms with Gasteiger partial charge in [0, 0.05) is 24.1 Å². The third kappa shape index (κ3) is 10.9. The number of hydrogen-bond acceptors (Lipinski definition) is 4. The Labute approximate surface area is 215 Å². The van der Waals surface area contributed by atoms with Crippen LogP contribution in [-0.4, -0.2) is 37.4 Å². The minimum Gasteiger partial charge on any atom is -0.380 e. The van der Waals surface area contributed by atoms with Crippen molar-refractivity contribution in [2.75, 3.05) is 19.4 Å². The lowest BCUT2D eigenvalue weighted by Crippen LogP contribution is -2.42. The Morgan fingerprint density at radius 3 is 2.26 bits per heavy atom. The highest BCUT2D eigenvalue weighted by Gasteiger charge is 2.17. The fourth-order valence-electron chi connectivity index (χ4n) is 3.91. The summed E-state index contributed by atoms with van der Waals surface area (Å²) in [5.41, 5.74) is 2.28. The zero-order valence-corrected chi connectivity index (χ0v) is 22.4. The maximum absolute atomic E-state index is 13.0. The van der Waals surface area contributed by atoms with Crippen LogP contribution in [0.15, 0.2) is 53.4 Å². The Morgan fingerprint density at radius 1 is 0.914 bits per heavy atom. The van der Waals surface area contributed by atoms with Crippen LogP contribution in [0.2, 0.25) is 0 Å². The first kappa shape index (κ1) is 28.9. The first-order chi connectivity index (χ1) is 17.1. The van der Waals surface area contributed by atoms with Gasteiger partial charge in [-0.05, 0) is 47.9 Å². The summed E-state index contributed by atoms with van der Waals surface area (Å²) in [5.74, 6) is 0.654. The second-order valence-corrected chi connectivity index (χ2v) is 10.00. The number of methoxy groups -OCH3 is 1. The molecule has 0 fully saturated rings. The van der Waals surface area contributed by atoms with Crippen LogP contribution in [0.5, 0.6) is 0 Å². The summed E-state index contributed by atoms with van der Waals surface area (Å²) >= 11 is 1.83. The molecule has 0 spiro atoms. The van der Waals surface area contributed by atoms with Crippen molar-refractivity contribution >= 4 is 23.7 Å². The predicted octanol–water partition coefficient (Wildman–Crippen LogP) is 7.45. The predicted molar refractivity (Wildman–Crippen MR) is 147 cm³/mol. The molecule has 0 heterocycles. The SMILES string of the molecule is CCCCCCCCCCSc1ccc(C(=O)NC(=O)NCC(CC)OC)c(-c2ccccc2)c1. The highest BCUT2D eigenvalue weighted by Crippen LogP contribution is 2.30. The van der Waals surface area contributed by atoms with Gasteiger partial charge in [0.2, 0.25) is 0 Å². The lowest BCUT2D eigenvalue weighted by molar-refractivity contribution is 0.0939. The van der Waals surface area contributed by atoms with E-state index in [2.05, 4.69) is 23.6 Å². The van der Waals surface area contributed by atoms with E-state index in [1.54, 1.807) is 7.11 Å². The van der Waals surface area contributed by atoms with Crippen molar-refractivity contribution in [2.24, 2.45) is 0 Å². The summed E-state index contributed by atoms with van der Waals surface area (Å²) in [6, 6.07) is 15.2. The smallest absolute Gasteiger partial charge is 0.321 e. The number of imide groups is 1. The summed E-state index contributed by atoms with van der Waals surface area (Å²) in [6.45, 7) is 4.59. The van der Waals surface area contributed by atoms with Crippen LogP contribution in [0, 0.1) is 0 Å². The number of urea groups is 1. The average Bonchev–Trinajstić information content (AvgIpc) is 2.88. The maximum Gasteiger partial charge on any atom is 0.321 e. The van der Waals surface area contributed by atoms with Crippen LogP contribution in [0.3, 0.4) is 0 Å². The van der Waals surface area contributed by atoms with Crippen LogP contribution >= 0.6 is 11.8 Å². The first-order valence-electron chi connectivity index (χ1n) is 13.0. The van der Waals surface area contributed by atoms with Crippen LogP contribution in [0.1, 0.15) is 82.0 Å². The number of thioether (sulfide) groups is 1. The number of amides is 3. The lowest BCUT2D eigenvalue weighted by atomic mass is 9.99. The van der Waals surface area contributed by atoms with Gasteiger partial charge >= 0.3 is 6.03 Å². The molecule has 1 unspecified atom stereocenters. The Morgan fingerprint density at radius 2 is 1.60 bits per heavy atom. The lowest BCUT2D eigenvalue weighted by Gasteiger charge is -2.15. The molecule has 1 atom stereocenters. The fourth-order valence-corrected chi connectivity index (χ4v) is 4.86. The van der Waals surface area contributed by atoms with E-state index in [4.69, 9.17) is 4.74 Å². The summed E-state index contributed by atoms with van der Waals surface area (Å²) in [7, 11) is 1.61. The topological polar surface area (TPSA) is 67.4 Å². The normalized spacial score (nSPS) is 11.7. The molecule has 192 valence electrons. The molecule has 0 aliphatic rings. The van der Waals surface area contributed by atoms with Crippen molar-refractivity contribution in [3.8, 4) is 11.1 Å². The van der Waals surface area contributed by atoms with Crippen LogP contribution in [0.25, 0.3) is 11.1 Å². The Hall–Kier alpha value is -2.31. The van der Waals surface area contributed by atoms with E-state index in [0.717, 1.165) is 28.2 Å². The number of rotatable bonds is 16. The van der Waals surface area contributed by atoms with Crippen LogP contribution in [0.4, 0.5) is 4.79 Å². The quantitative estimate of drug-likeness (QED) is 0.186. The standard InChI is InChI=1S/C29H42N2O3S/c1-4-6-7-8-9-10-11-15-20-35-25-18-19-26(27(21-25)23-16-13-12-14-17-23)28(32)31-29(33)30-22-24(5-2)34-3/h12-14,16-19,21,24H,4-11,15,20,22H2,1-3H3,(H2,30,31,32,33). The minimum atomic E-state index is -0.516. The highest BCUT2D eigenvalue weighted by atomic mass is 32.2. The molecule has 0 aliphatic carbocycles. The number of benzene rings is 2. The van der Waals surface area contributed by atoms with E-state index in [1.165, 1.54) is 51.4 Å². The van der Waals surface area contributed by atoms with Gasteiger partial charge < -0.3 is 10.1 Å².